The smallest absolute Gasteiger partial charge is 0.308 e. The van der Waals surface area contributed by atoms with Gasteiger partial charge in [0.15, 0.2) is 0 Å². The van der Waals surface area contributed by atoms with Crippen LogP contribution in [0.4, 0.5) is 5.69 Å². The van der Waals surface area contributed by atoms with E-state index < -0.39 is 11.9 Å². The number of carbonyl (C=O) groups is 2. The fourth-order valence-corrected chi connectivity index (χ4v) is 2.44. The lowest BCUT2D eigenvalue weighted by atomic mass is 10.0. The van der Waals surface area contributed by atoms with Crippen molar-refractivity contribution in [1.29, 1.82) is 0 Å². The molecule has 0 unspecified atom stereocenters. The van der Waals surface area contributed by atoms with Crippen molar-refractivity contribution in [2.75, 3.05) is 45.3 Å². The van der Waals surface area contributed by atoms with Gasteiger partial charge in [-0.25, -0.2) is 0 Å². The maximum absolute atomic E-state index is 12.1. The molecule has 0 saturated carbocycles. The second-order valence-corrected chi connectivity index (χ2v) is 5.43. The van der Waals surface area contributed by atoms with Crippen LogP contribution in [0.2, 0.25) is 0 Å². The normalized spacial score (nSPS) is 16.6. The summed E-state index contributed by atoms with van der Waals surface area (Å²) in [5, 5.41) is 12.0. The van der Waals surface area contributed by atoms with E-state index in [0.717, 1.165) is 0 Å². The lowest BCUT2D eigenvalue weighted by molar-refractivity contribution is -0.144. The van der Waals surface area contributed by atoms with Gasteiger partial charge in [-0.05, 0) is 24.3 Å². The number of morpholine rings is 1. The number of aliphatic carboxylic acids is 1. The molecular weight excluding hydrogens is 300 g/mol. The predicted octanol–water partition coefficient (Wildman–Crippen LogP) is 1.06. The molecule has 0 bridgehead atoms. The van der Waals surface area contributed by atoms with Gasteiger partial charge in [0.1, 0.15) is 5.75 Å². The average molecular weight is 322 g/mol. The minimum Gasteiger partial charge on any atom is -0.497 e. The van der Waals surface area contributed by atoms with E-state index in [1.54, 1.807) is 31.4 Å². The van der Waals surface area contributed by atoms with Gasteiger partial charge in [0.05, 0.1) is 26.2 Å². The van der Waals surface area contributed by atoms with Crippen molar-refractivity contribution in [3.8, 4) is 5.75 Å². The van der Waals surface area contributed by atoms with Gasteiger partial charge in [0.25, 0.3) is 0 Å². The van der Waals surface area contributed by atoms with Gasteiger partial charge < -0.3 is 19.9 Å². The number of anilines is 1. The first-order valence-corrected chi connectivity index (χ1v) is 7.55. The summed E-state index contributed by atoms with van der Waals surface area (Å²) in [6.45, 7) is 2.96. The molecule has 1 aliphatic rings. The van der Waals surface area contributed by atoms with E-state index in [4.69, 9.17) is 9.47 Å². The highest BCUT2D eigenvalue weighted by Gasteiger charge is 2.25. The lowest BCUT2D eigenvalue weighted by Gasteiger charge is -2.28. The number of nitrogens with one attached hydrogen (secondary N) is 1. The average Bonchev–Trinajstić information content (AvgIpc) is 2.56. The zero-order valence-electron chi connectivity index (χ0n) is 13.2. The van der Waals surface area contributed by atoms with Crippen molar-refractivity contribution in [2.24, 2.45) is 5.92 Å². The van der Waals surface area contributed by atoms with Gasteiger partial charge in [0.2, 0.25) is 5.91 Å². The van der Waals surface area contributed by atoms with Crippen molar-refractivity contribution in [2.45, 2.75) is 6.42 Å². The molecule has 7 nitrogen and oxygen atoms in total. The maximum Gasteiger partial charge on any atom is 0.308 e. The highest BCUT2D eigenvalue weighted by Crippen LogP contribution is 2.16. The summed E-state index contributed by atoms with van der Waals surface area (Å²) in [6, 6.07) is 6.90. The Balaban J connectivity index is 1.87. The van der Waals surface area contributed by atoms with Gasteiger partial charge in [0, 0.05) is 31.7 Å². The molecule has 1 saturated heterocycles. The molecule has 0 radical (unpaired) electrons. The molecular formula is C16H22N2O5. The third-order valence-electron chi connectivity index (χ3n) is 3.74. The highest BCUT2D eigenvalue weighted by atomic mass is 16.5. The molecule has 126 valence electrons. The summed E-state index contributed by atoms with van der Waals surface area (Å²) in [4.78, 5) is 25.5. The zero-order valence-corrected chi connectivity index (χ0v) is 13.2. The standard InChI is InChI=1S/C16H22N2O5/c1-22-14-4-2-13(3-5-14)17-15(19)10-12(16(20)21)11-18-6-8-23-9-7-18/h2-5,12H,6-11H2,1H3,(H,17,19)(H,20,21)/t12-/m1/s1. The molecule has 1 aliphatic heterocycles. The number of nitrogens with zero attached hydrogens (tertiary/aromatic N) is 1. The molecule has 2 rings (SSSR count). The molecule has 0 spiro atoms. The molecule has 1 aromatic rings. The van der Waals surface area contributed by atoms with Crippen LogP contribution in [-0.4, -0.2) is 61.8 Å². The molecule has 2 N–H and O–H groups in total. The quantitative estimate of drug-likeness (QED) is 0.780. The number of amides is 1. The summed E-state index contributed by atoms with van der Waals surface area (Å²) in [5.74, 6) is -1.30. The Bertz CT molecular complexity index is 526. The molecule has 23 heavy (non-hydrogen) atoms. The number of ether oxygens (including phenoxy) is 2. The first-order valence-electron chi connectivity index (χ1n) is 7.55. The topological polar surface area (TPSA) is 88.1 Å². The van der Waals surface area contributed by atoms with Crippen LogP contribution in [0.3, 0.4) is 0 Å². The Labute approximate surface area is 135 Å². The van der Waals surface area contributed by atoms with Crippen molar-refractivity contribution >= 4 is 17.6 Å². The molecule has 1 atom stereocenters. The molecule has 1 amide bonds. The monoisotopic (exact) mass is 322 g/mol. The number of rotatable bonds is 7. The van der Waals surface area contributed by atoms with E-state index in [1.165, 1.54) is 0 Å². The van der Waals surface area contributed by atoms with Gasteiger partial charge in [-0.1, -0.05) is 0 Å². The fraction of sp³-hybridized carbons (Fsp3) is 0.500. The van der Waals surface area contributed by atoms with E-state index in [1.807, 2.05) is 4.90 Å². The SMILES string of the molecule is COc1ccc(NC(=O)C[C@H](CN2CCOCC2)C(=O)O)cc1. The Kier molecular flexibility index (Phi) is 6.37. The molecule has 0 aliphatic carbocycles. The minimum absolute atomic E-state index is 0.0568. The number of carboxylic acid groups (broad SMARTS) is 1. The summed E-state index contributed by atoms with van der Waals surface area (Å²) in [5.41, 5.74) is 0.617. The zero-order chi connectivity index (χ0) is 16.7. The first-order chi connectivity index (χ1) is 11.1. The van der Waals surface area contributed by atoms with Crippen molar-refractivity contribution < 1.29 is 24.2 Å². The maximum atomic E-state index is 12.1. The predicted molar refractivity (Wildman–Crippen MR) is 84.6 cm³/mol. The van der Waals surface area contributed by atoms with Crippen molar-refractivity contribution in [3.05, 3.63) is 24.3 Å². The van der Waals surface area contributed by atoms with Crippen molar-refractivity contribution in [1.82, 2.24) is 4.90 Å². The molecule has 1 heterocycles. The molecule has 0 aromatic heterocycles. The van der Waals surface area contributed by atoms with Crippen LogP contribution in [-0.2, 0) is 14.3 Å². The number of hydrogen-bond donors (Lipinski definition) is 2. The van der Waals surface area contributed by atoms with E-state index in [2.05, 4.69) is 5.32 Å². The fourth-order valence-electron chi connectivity index (χ4n) is 2.44. The van der Waals surface area contributed by atoms with E-state index >= 15 is 0 Å². The van der Waals surface area contributed by atoms with Gasteiger partial charge >= 0.3 is 5.97 Å². The Morgan fingerprint density at radius 3 is 2.52 bits per heavy atom. The number of benzene rings is 1. The Hall–Kier alpha value is -2.12. The van der Waals surface area contributed by atoms with Crippen LogP contribution in [0, 0.1) is 5.92 Å². The second kappa shape index (κ2) is 8.50. The number of hydrogen-bond acceptors (Lipinski definition) is 5. The van der Waals surface area contributed by atoms with Crippen LogP contribution in [0.5, 0.6) is 5.75 Å². The third kappa shape index (κ3) is 5.54. The van der Waals surface area contributed by atoms with Gasteiger partial charge in [-0.15, -0.1) is 0 Å². The van der Waals surface area contributed by atoms with E-state index in [-0.39, 0.29) is 12.3 Å². The molecule has 1 fully saturated rings. The minimum atomic E-state index is -0.957. The number of methoxy groups -OCH3 is 1. The first kappa shape index (κ1) is 17.2. The second-order valence-electron chi connectivity index (χ2n) is 5.43. The number of carbonyl (C=O) groups excluding carboxylic acids is 1. The van der Waals surface area contributed by atoms with Gasteiger partial charge in [-0.3, -0.25) is 14.5 Å². The van der Waals surface area contributed by atoms with Crippen LogP contribution < -0.4 is 10.1 Å². The summed E-state index contributed by atoms with van der Waals surface area (Å²) in [6.07, 6.45) is -0.0568. The van der Waals surface area contributed by atoms with Crippen LogP contribution >= 0.6 is 0 Å². The Morgan fingerprint density at radius 2 is 1.96 bits per heavy atom. The third-order valence-corrected chi connectivity index (χ3v) is 3.74. The summed E-state index contributed by atoms with van der Waals surface area (Å²) in [7, 11) is 1.57. The van der Waals surface area contributed by atoms with Crippen LogP contribution in [0.25, 0.3) is 0 Å². The molecule has 1 aromatic carbocycles. The number of carboxylic acids is 1. The lowest BCUT2D eigenvalue weighted by Crippen LogP contribution is -2.41. The summed E-state index contributed by atoms with van der Waals surface area (Å²) >= 11 is 0. The summed E-state index contributed by atoms with van der Waals surface area (Å²) < 4.78 is 10.3. The van der Waals surface area contributed by atoms with E-state index in [9.17, 15) is 14.7 Å². The van der Waals surface area contributed by atoms with Crippen LogP contribution in [0.1, 0.15) is 6.42 Å². The van der Waals surface area contributed by atoms with Crippen molar-refractivity contribution in [3.63, 3.8) is 0 Å². The molecule has 7 heteroatoms. The van der Waals surface area contributed by atoms with Crippen LogP contribution in [0.15, 0.2) is 24.3 Å². The Morgan fingerprint density at radius 1 is 1.30 bits per heavy atom. The highest BCUT2D eigenvalue weighted by molar-refractivity contribution is 5.93. The van der Waals surface area contributed by atoms with E-state index in [0.29, 0.717) is 44.3 Å². The largest absolute Gasteiger partial charge is 0.497 e. The van der Waals surface area contributed by atoms with Gasteiger partial charge in [-0.2, -0.15) is 0 Å².